The quantitative estimate of drug-likeness (QED) is 0.369. The molecule has 3 aliphatic rings. The Kier molecular flexibility index (Phi) is 10.0. The highest BCUT2D eigenvalue weighted by Gasteiger charge is 2.55. The molecular formula is C34H46N4O5. The van der Waals surface area contributed by atoms with Gasteiger partial charge in [-0.15, -0.1) is 0 Å². The summed E-state index contributed by atoms with van der Waals surface area (Å²) in [6.45, 7) is 5.28. The van der Waals surface area contributed by atoms with Crippen LogP contribution in [0, 0.1) is 5.92 Å². The first kappa shape index (κ1) is 31.0. The Bertz CT molecular complexity index is 1250. The number of nitrogens with zero attached hydrogens (tertiary/aromatic N) is 2. The number of piperidine rings is 1. The van der Waals surface area contributed by atoms with Gasteiger partial charge in [0, 0.05) is 38.8 Å². The van der Waals surface area contributed by atoms with Crippen LogP contribution < -0.4 is 15.4 Å². The average Bonchev–Trinajstić information content (AvgIpc) is 3.58. The lowest BCUT2D eigenvalue weighted by atomic mass is 9.80. The number of piperazine rings is 1. The van der Waals surface area contributed by atoms with Crippen molar-refractivity contribution in [1.82, 2.24) is 20.4 Å². The van der Waals surface area contributed by atoms with Crippen LogP contribution in [0.15, 0.2) is 48.5 Å². The number of benzene rings is 2. The first-order valence-electron chi connectivity index (χ1n) is 15.9. The molecule has 43 heavy (non-hydrogen) atoms. The molecule has 3 amide bonds. The summed E-state index contributed by atoms with van der Waals surface area (Å²) in [6, 6.07) is 14.6. The lowest BCUT2D eigenvalue weighted by Gasteiger charge is -2.52. The molecule has 0 unspecified atom stereocenters. The molecule has 2 aliphatic heterocycles. The van der Waals surface area contributed by atoms with E-state index in [1.165, 1.54) is 5.56 Å². The van der Waals surface area contributed by atoms with E-state index in [1.54, 1.807) is 31.3 Å². The zero-order valence-electron chi connectivity index (χ0n) is 25.5. The van der Waals surface area contributed by atoms with Gasteiger partial charge in [0.25, 0.3) is 5.91 Å². The normalized spacial score (nSPS) is 21.6. The van der Waals surface area contributed by atoms with Crippen molar-refractivity contribution in [2.45, 2.75) is 89.1 Å². The maximum atomic E-state index is 13.8. The molecule has 0 radical (unpaired) electrons. The summed E-state index contributed by atoms with van der Waals surface area (Å²) in [7, 11) is 1.61. The van der Waals surface area contributed by atoms with Gasteiger partial charge in [0.15, 0.2) is 0 Å². The molecule has 3 fully saturated rings. The van der Waals surface area contributed by atoms with Crippen molar-refractivity contribution in [3.05, 3.63) is 65.2 Å². The molecule has 3 N–H and O–H groups in total. The third-order valence-corrected chi connectivity index (χ3v) is 9.58. The minimum Gasteiger partial charge on any atom is -0.489 e. The Balaban J connectivity index is 1.16. The van der Waals surface area contributed by atoms with Crippen molar-refractivity contribution >= 4 is 17.7 Å². The van der Waals surface area contributed by atoms with Crippen LogP contribution in [0.5, 0.6) is 5.75 Å². The highest BCUT2D eigenvalue weighted by Crippen LogP contribution is 2.36. The highest BCUT2D eigenvalue weighted by molar-refractivity contribution is 6.00. The van der Waals surface area contributed by atoms with Gasteiger partial charge < -0.3 is 25.4 Å². The molecule has 0 bridgehead atoms. The van der Waals surface area contributed by atoms with Crippen LogP contribution >= 0.6 is 0 Å². The molecular weight excluding hydrogens is 544 g/mol. The second kappa shape index (κ2) is 13.9. The number of likely N-dealkylation sites (tertiary alicyclic amines) is 1. The molecule has 1 aliphatic carbocycles. The third-order valence-electron chi connectivity index (χ3n) is 9.58. The maximum Gasteiger partial charge on any atom is 0.251 e. The van der Waals surface area contributed by atoms with E-state index in [4.69, 9.17) is 4.74 Å². The molecule has 9 nitrogen and oxygen atoms in total. The van der Waals surface area contributed by atoms with Gasteiger partial charge in [0.1, 0.15) is 23.9 Å². The van der Waals surface area contributed by atoms with Gasteiger partial charge in [0.2, 0.25) is 11.8 Å². The first-order valence-corrected chi connectivity index (χ1v) is 15.9. The summed E-state index contributed by atoms with van der Waals surface area (Å²) in [5, 5.41) is 16.7. The Labute approximate surface area is 255 Å². The second-order valence-corrected chi connectivity index (χ2v) is 12.3. The van der Waals surface area contributed by atoms with Gasteiger partial charge in [0.05, 0.1) is 6.10 Å². The summed E-state index contributed by atoms with van der Waals surface area (Å²) in [4.78, 5) is 43.3. The fraction of sp³-hybridized carbons (Fsp3) is 0.559. The first-order chi connectivity index (χ1) is 20.8. The lowest BCUT2D eigenvalue weighted by molar-refractivity contribution is -0.165. The summed E-state index contributed by atoms with van der Waals surface area (Å²) in [5.74, 6) is 0.450. The third kappa shape index (κ3) is 6.88. The second-order valence-electron chi connectivity index (χ2n) is 12.3. The molecule has 232 valence electrons. The number of aliphatic hydroxyl groups is 1. The maximum absolute atomic E-state index is 13.8. The van der Waals surface area contributed by atoms with Crippen LogP contribution in [-0.2, 0) is 22.7 Å². The summed E-state index contributed by atoms with van der Waals surface area (Å²) in [6.07, 6.45) is 6.11. The predicted octanol–water partition coefficient (Wildman–Crippen LogP) is 3.64. The number of carbonyl (C=O) groups excluding carboxylic acids is 3. The monoisotopic (exact) mass is 590 g/mol. The number of nitrogens with one attached hydrogen (secondary N) is 2. The Morgan fingerprint density at radius 3 is 2.33 bits per heavy atom. The largest absolute Gasteiger partial charge is 0.489 e. The van der Waals surface area contributed by atoms with Crippen LogP contribution in [0.1, 0.15) is 79.8 Å². The van der Waals surface area contributed by atoms with Crippen LogP contribution in [-0.4, -0.2) is 77.0 Å². The van der Waals surface area contributed by atoms with Crippen molar-refractivity contribution in [3.8, 4) is 5.75 Å². The number of hydrogen-bond acceptors (Lipinski definition) is 6. The number of unbranched alkanes of at least 4 members (excludes halogenated alkanes) is 1. The topological polar surface area (TPSA) is 111 Å². The zero-order chi connectivity index (χ0) is 30.4. The molecule has 1 spiro atoms. The summed E-state index contributed by atoms with van der Waals surface area (Å²) < 4.78 is 5.89. The summed E-state index contributed by atoms with van der Waals surface area (Å²) in [5.41, 5.74) is 1.99. The molecule has 5 rings (SSSR count). The summed E-state index contributed by atoms with van der Waals surface area (Å²) >= 11 is 0. The number of ether oxygens (including phenoxy) is 1. The van der Waals surface area contributed by atoms with Gasteiger partial charge in [-0.3, -0.25) is 19.3 Å². The van der Waals surface area contributed by atoms with E-state index in [1.807, 2.05) is 4.90 Å². The van der Waals surface area contributed by atoms with Crippen LogP contribution in [0.3, 0.4) is 0 Å². The van der Waals surface area contributed by atoms with Crippen LogP contribution in [0.4, 0.5) is 0 Å². The minimum atomic E-state index is -0.839. The van der Waals surface area contributed by atoms with E-state index in [2.05, 4.69) is 46.7 Å². The van der Waals surface area contributed by atoms with Crippen molar-refractivity contribution in [1.29, 1.82) is 0 Å². The van der Waals surface area contributed by atoms with Gasteiger partial charge >= 0.3 is 0 Å². The highest BCUT2D eigenvalue weighted by atomic mass is 16.5. The van der Waals surface area contributed by atoms with Gasteiger partial charge in [-0.2, -0.15) is 0 Å². The molecule has 9 heteroatoms. The SMILES string of the molecule is CCCCN1C(=O)[C@@H]([C@H](O)C2CCCC2)NC(=O)C12CCN(Cc1ccc(COc3ccc(C(=O)NC)cc3)cc1)CC2. The van der Waals surface area contributed by atoms with Crippen LogP contribution in [0.25, 0.3) is 0 Å². The Hall–Kier alpha value is -3.43. The zero-order valence-corrected chi connectivity index (χ0v) is 25.5. The Morgan fingerprint density at radius 1 is 1.05 bits per heavy atom. The molecule has 1 saturated carbocycles. The molecule has 0 aromatic heterocycles. The fourth-order valence-corrected chi connectivity index (χ4v) is 6.87. The fourth-order valence-electron chi connectivity index (χ4n) is 6.87. The molecule has 2 aromatic rings. The molecule has 2 saturated heterocycles. The van der Waals surface area contributed by atoms with Crippen molar-refractivity contribution in [2.75, 3.05) is 26.7 Å². The van der Waals surface area contributed by atoms with Gasteiger partial charge in [-0.1, -0.05) is 50.5 Å². The number of carbonyl (C=O) groups is 3. The number of rotatable bonds is 11. The number of amides is 3. The average molecular weight is 591 g/mol. The van der Waals surface area contributed by atoms with E-state index in [0.717, 1.165) is 63.7 Å². The predicted molar refractivity (Wildman–Crippen MR) is 164 cm³/mol. The smallest absolute Gasteiger partial charge is 0.251 e. The molecule has 2 aromatic carbocycles. The van der Waals surface area contributed by atoms with Crippen molar-refractivity contribution in [3.63, 3.8) is 0 Å². The van der Waals surface area contributed by atoms with E-state index in [9.17, 15) is 19.5 Å². The number of aliphatic hydroxyl groups excluding tert-OH is 1. The minimum absolute atomic E-state index is 0.0814. The van der Waals surface area contributed by atoms with Gasteiger partial charge in [-0.05, 0) is 73.4 Å². The lowest BCUT2D eigenvalue weighted by Crippen LogP contribution is -2.75. The standard InChI is InChI=1S/C34H46N4O5/c1-3-4-19-38-32(41)29(30(39)26-7-5-6-8-26)36-33(42)34(38)17-20-37(21-18-34)22-24-9-11-25(12-10-24)23-43-28-15-13-27(14-16-28)31(40)35-2/h9-16,26,29-30,39H,3-8,17-23H2,1-2H3,(H,35,40)(H,36,42)/t29-,30-/m1/s1. The van der Waals surface area contributed by atoms with Crippen LogP contribution in [0.2, 0.25) is 0 Å². The van der Waals surface area contributed by atoms with E-state index in [-0.39, 0.29) is 23.6 Å². The molecule has 2 atom stereocenters. The van der Waals surface area contributed by atoms with E-state index >= 15 is 0 Å². The van der Waals surface area contributed by atoms with E-state index < -0.39 is 17.7 Å². The molecule has 2 heterocycles. The van der Waals surface area contributed by atoms with Crippen molar-refractivity contribution < 1.29 is 24.2 Å². The number of hydrogen-bond donors (Lipinski definition) is 3. The Morgan fingerprint density at radius 2 is 1.70 bits per heavy atom. The van der Waals surface area contributed by atoms with E-state index in [0.29, 0.717) is 37.3 Å². The van der Waals surface area contributed by atoms with Crippen molar-refractivity contribution in [2.24, 2.45) is 5.92 Å². The van der Waals surface area contributed by atoms with Gasteiger partial charge in [-0.25, -0.2) is 0 Å².